The topological polar surface area (TPSA) is 35.8 Å². The predicted molar refractivity (Wildman–Crippen MR) is 87.4 cm³/mol. The van der Waals surface area contributed by atoms with Crippen LogP contribution in [0.3, 0.4) is 0 Å². The summed E-state index contributed by atoms with van der Waals surface area (Å²) >= 11 is 3.13. The highest BCUT2D eigenvalue weighted by Crippen LogP contribution is 2.33. The lowest BCUT2D eigenvalue weighted by molar-refractivity contribution is 0.624. The highest BCUT2D eigenvalue weighted by Gasteiger charge is 2.14. The van der Waals surface area contributed by atoms with E-state index in [1.807, 2.05) is 31.2 Å². The Morgan fingerprint density at radius 3 is 2.57 bits per heavy atom. The normalized spacial score (nSPS) is 10.5. The highest BCUT2D eigenvalue weighted by molar-refractivity contribution is 9.10. The zero-order chi connectivity index (χ0) is 15.6. The Labute approximate surface area is 132 Å². The van der Waals surface area contributed by atoms with Gasteiger partial charge in [0, 0.05) is 5.69 Å². The summed E-state index contributed by atoms with van der Waals surface area (Å²) < 4.78 is 14.5. The molecule has 0 bridgehead atoms. The van der Waals surface area contributed by atoms with Gasteiger partial charge in [-0.3, -0.25) is 0 Å². The van der Waals surface area contributed by atoms with E-state index in [4.69, 9.17) is 5.26 Å². The van der Waals surface area contributed by atoms with Crippen molar-refractivity contribution >= 4 is 27.3 Å². The molecule has 0 heterocycles. The summed E-state index contributed by atoms with van der Waals surface area (Å²) in [5, 5.41) is 12.1. The predicted octanol–water partition coefficient (Wildman–Crippen LogP) is 5.64. The van der Waals surface area contributed by atoms with E-state index in [0.29, 0.717) is 11.6 Å². The number of rotatable bonds is 3. The van der Waals surface area contributed by atoms with Crippen molar-refractivity contribution < 1.29 is 4.39 Å². The maximum atomic E-state index is 14.3. The highest BCUT2D eigenvalue weighted by atomic mass is 79.9. The van der Waals surface area contributed by atoms with Gasteiger partial charge in [-0.15, -0.1) is 0 Å². The first-order chi connectivity index (χ1) is 9.95. The van der Waals surface area contributed by atoms with E-state index in [0.717, 1.165) is 16.8 Å². The van der Waals surface area contributed by atoms with Crippen LogP contribution in [0.25, 0.3) is 0 Å². The second kappa shape index (κ2) is 6.28. The maximum Gasteiger partial charge on any atom is 0.162 e. The first-order valence-electron chi connectivity index (χ1n) is 6.70. The van der Waals surface area contributed by atoms with E-state index in [2.05, 4.69) is 35.1 Å². The smallest absolute Gasteiger partial charge is 0.162 e. The van der Waals surface area contributed by atoms with Crippen LogP contribution in [0.1, 0.15) is 36.5 Å². The number of nitrogens with one attached hydrogen (secondary N) is 1. The molecular weight excluding hydrogens is 331 g/mol. The molecule has 2 aromatic rings. The standard InChI is InChI=1S/C17H16BrFN2/c1-10(2)13-6-4-5-11(3)17(13)21-14-8-7-12(9-20)15(18)16(14)19/h4-8,10,21H,1-3H3. The van der Waals surface area contributed by atoms with Crippen molar-refractivity contribution in [1.82, 2.24) is 0 Å². The van der Waals surface area contributed by atoms with Crippen molar-refractivity contribution in [2.75, 3.05) is 5.32 Å². The summed E-state index contributed by atoms with van der Waals surface area (Å²) in [6.45, 7) is 6.20. The van der Waals surface area contributed by atoms with Gasteiger partial charge in [-0.25, -0.2) is 4.39 Å². The molecule has 4 heteroatoms. The molecule has 0 aromatic heterocycles. The van der Waals surface area contributed by atoms with Crippen LogP contribution in [-0.2, 0) is 0 Å². The van der Waals surface area contributed by atoms with Crippen molar-refractivity contribution in [1.29, 1.82) is 5.26 Å². The SMILES string of the molecule is Cc1cccc(C(C)C)c1Nc1ccc(C#N)c(Br)c1F. The molecule has 0 fully saturated rings. The zero-order valence-corrected chi connectivity index (χ0v) is 13.8. The maximum absolute atomic E-state index is 14.3. The third kappa shape index (κ3) is 3.08. The lowest BCUT2D eigenvalue weighted by Gasteiger charge is -2.18. The van der Waals surface area contributed by atoms with Crippen LogP contribution >= 0.6 is 15.9 Å². The molecule has 1 N–H and O–H groups in total. The van der Waals surface area contributed by atoms with Gasteiger partial charge in [-0.05, 0) is 52.0 Å². The molecule has 2 nitrogen and oxygen atoms in total. The first kappa shape index (κ1) is 15.5. The number of benzene rings is 2. The minimum Gasteiger partial charge on any atom is -0.353 e. The number of anilines is 2. The minimum atomic E-state index is -0.452. The van der Waals surface area contributed by atoms with Gasteiger partial charge in [0.15, 0.2) is 5.82 Å². The molecule has 0 saturated carbocycles. The molecule has 0 aliphatic rings. The molecule has 0 radical (unpaired) electrons. The monoisotopic (exact) mass is 346 g/mol. The van der Waals surface area contributed by atoms with Crippen molar-refractivity contribution in [3.63, 3.8) is 0 Å². The number of para-hydroxylation sites is 1. The van der Waals surface area contributed by atoms with Gasteiger partial charge in [0.05, 0.1) is 15.7 Å². The summed E-state index contributed by atoms with van der Waals surface area (Å²) in [5.41, 5.74) is 3.75. The molecule has 2 aromatic carbocycles. The summed E-state index contributed by atoms with van der Waals surface area (Å²) in [5.74, 6) is -0.121. The number of nitriles is 1. The van der Waals surface area contributed by atoms with E-state index in [9.17, 15) is 4.39 Å². The summed E-state index contributed by atoms with van der Waals surface area (Å²) in [6, 6.07) is 11.2. The van der Waals surface area contributed by atoms with Crippen LogP contribution in [-0.4, -0.2) is 0 Å². The number of halogens is 2. The van der Waals surface area contributed by atoms with Gasteiger partial charge in [-0.1, -0.05) is 32.0 Å². The lowest BCUT2D eigenvalue weighted by atomic mass is 9.98. The second-order valence-electron chi connectivity index (χ2n) is 5.22. The first-order valence-corrected chi connectivity index (χ1v) is 7.49. The zero-order valence-electron chi connectivity index (χ0n) is 12.2. The lowest BCUT2D eigenvalue weighted by Crippen LogP contribution is -2.02. The molecule has 0 aliphatic carbocycles. The van der Waals surface area contributed by atoms with Crippen molar-refractivity contribution in [3.8, 4) is 6.07 Å². The van der Waals surface area contributed by atoms with Crippen molar-refractivity contribution in [2.45, 2.75) is 26.7 Å². The summed E-state index contributed by atoms with van der Waals surface area (Å²) in [7, 11) is 0. The van der Waals surface area contributed by atoms with E-state index >= 15 is 0 Å². The Balaban J connectivity index is 2.49. The van der Waals surface area contributed by atoms with E-state index in [1.54, 1.807) is 12.1 Å². The Kier molecular flexibility index (Phi) is 4.64. The summed E-state index contributed by atoms with van der Waals surface area (Å²) in [4.78, 5) is 0. The van der Waals surface area contributed by atoms with Gasteiger partial charge < -0.3 is 5.32 Å². The molecule has 0 atom stereocenters. The fraction of sp³-hybridized carbons (Fsp3) is 0.235. The Hall–Kier alpha value is -1.86. The fourth-order valence-corrected chi connectivity index (χ4v) is 2.64. The summed E-state index contributed by atoms with van der Waals surface area (Å²) in [6.07, 6.45) is 0. The average Bonchev–Trinajstić information content (AvgIpc) is 2.45. The minimum absolute atomic E-state index is 0.190. The van der Waals surface area contributed by atoms with Crippen molar-refractivity contribution in [3.05, 3.63) is 57.3 Å². The van der Waals surface area contributed by atoms with Crippen LogP contribution in [0, 0.1) is 24.1 Å². The van der Waals surface area contributed by atoms with Gasteiger partial charge in [0.1, 0.15) is 6.07 Å². The Morgan fingerprint density at radius 2 is 1.95 bits per heavy atom. The number of hydrogen-bond donors (Lipinski definition) is 1. The second-order valence-corrected chi connectivity index (χ2v) is 6.01. The molecule has 108 valence electrons. The van der Waals surface area contributed by atoms with Gasteiger partial charge in [-0.2, -0.15) is 5.26 Å². The molecule has 0 aliphatic heterocycles. The molecular formula is C17H16BrFN2. The largest absolute Gasteiger partial charge is 0.353 e. The van der Waals surface area contributed by atoms with Gasteiger partial charge in [0.2, 0.25) is 0 Å². The number of nitrogens with zero attached hydrogens (tertiary/aromatic N) is 1. The molecule has 0 unspecified atom stereocenters. The molecule has 2 rings (SSSR count). The quantitative estimate of drug-likeness (QED) is 0.780. The number of hydrogen-bond acceptors (Lipinski definition) is 2. The van der Waals surface area contributed by atoms with E-state index < -0.39 is 5.82 Å². The molecule has 0 spiro atoms. The Morgan fingerprint density at radius 1 is 1.24 bits per heavy atom. The van der Waals surface area contributed by atoms with E-state index in [1.165, 1.54) is 0 Å². The molecule has 0 saturated heterocycles. The van der Waals surface area contributed by atoms with Gasteiger partial charge >= 0.3 is 0 Å². The average molecular weight is 347 g/mol. The van der Waals surface area contributed by atoms with Crippen LogP contribution < -0.4 is 5.32 Å². The van der Waals surface area contributed by atoms with Crippen LogP contribution in [0.4, 0.5) is 15.8 Å². The van der Waals surface area contributed by atoms with Crippen LogP contribution in [0.2, 0.25) is 0 Å². The van der Waals surface area contributed by atoms with Crippen molar-refractivity contribution in [2.24, 2.45) is 0 Å². The van der Waals surface area contributed by atoms with Crippen LogP contribution in [0.15, 0.2) is 34.8 Å². The van der Waals surface area contributed by atoms with E-state index in [-0.39, 0.29) is 10.0 Å². The molecule has 0 amide bonds. The number of aryl methyl sites for hydroxylation is 1. The fourth-order valence-electron chi connectivity index (χ4n) is 2.21. The third-order valence-corrected chi connectivity index (χ3v) is 4.16. The van der Waals surface area contributed by atoms with Gasteiger partial charge in [0.25, 0.3) is 0 Å². The van der Waals surface area contributed by atoms with Crippen LogP contribution in [0.5, 0.6) is 0 Å². The Bertz CT molecular complexity index is 717. The molecule has 21 heavy (non-hydrogen) atoms. The third-order valence-electron chi connectivity index (χ3n) is 3.39.